The van der Waals surface area contributed by atoms with Crippen molar-refractivity contribution in [2.45, 2.75) is 0 Å². The van der Waals surface area contributed by atoms with Crippen LogP contribution in [0.4, 0.5) is 4.79 Å². The highest BCUT2D eigenvalue weighted by Gasteiger charge is 1.95. The molecule has 6 heteroatoms. The molecule has 1 amide bonds. The van der Waals surface area contributed by atoms with Crippen LogP contribution in [0.5, 0.6) is 0 Å². The summed E-state index contributed by atoms with van der Waals surface area (Å²) in [5, 5.41) is 8.00. The molecule has 0 rings (SSSR count). The number of halogens is 1. The molecule has 0 atom stereocenters. The fourth-order valence-corrected chi connectivity index (χ4v) is 0.353. The average Bonchev–Trinajstić information content (AvgIpc) is 1.82. The summed E-state index contributed by atoms with van der Waals surface area (Å²) in [5.41, 5.74) is 2.02. The van der Waals surface area contributed by atoms with Crippen molar-refractivity contribution < 1.29 is 9.90 Å². The Labute approximate surface area is 56.5 Å². The number of amides is 1. The van der Waals surface area contributed by atoms with Gasteiger partial charge >= 0.3 is 6.09 Å². The van der Waals surface area contributed by atoms with E-state index in [2.05, 4.69) is 4.99 Å². The third kappa shape index (κ3) is 3.75. The molecular formula is C3H6ClN3O2. The quantitative estimate of drug-likeness (QED) is 0.159. The van der Waals surface area contributed by atoms with Crippen molar-refractivity contribution in [3.63, 3.8) is 0 Å². The largest absolute Gasteiger partial charge is 0.463 e. The molecule has 0 fully saturated rings. The Kier molecular flexibility index (Phi) is 3.74. The molecule has 0 aromatic heterocycles. The van der Waals surface area contributed by atoms with Gasteiger partial charge in [0.05, 0.1) is 5.88 Å². The first-order chi connectivity index (χ1) is 4.20. The lowest BCUT2D eigenvalue weighted by molar-refractivity contribution is 0.205. The van der Waals surface area contributed by atoms with Crippen molar-refractivity contribution in [2.75, 3.05) is 5.88 Å². The number of aliphatic imine (C=N–C) groups is 1. The zero-order valence-corrected chi connectivity index (χ0v) is 5.22. The number of carbonyl (C=O) groups is 1. The van der Waals surface area contributed by atoms with E-state index in [-0.39, 0.29) is 11.7 Å². The van der Waals surface area contributed by atoms with Gasteiger partial charge in [-0.1, -0.05) is 0 Å². The van der Waals surface area contributed by atoms with Crippen LogP contribution in [-0.4, -0.2) is 22.9 Å². The van der Waals surface area contributed by atoms with Crippen LogP contribution in [0.3, 0.4) is 0 Å². The number of rotatable bonds is 1. The lowest BCUT2D eigenvalue weighted by Gasteiger charge is -1.95. The van der Waals surface area contributed by atoms with Gasteiger partial charge in [-0.3, -0.25) is 0 Å². The lowest BCUT2D eigenvalue weighted by atomic mass is 10.7. The SMILES string of the molecule is NNC(CCl)=NC(=O)O. The minimum Gasteiger partial charge on any atom is -0.463 e. The normalized spacial score (nSPS) is 11.1. The summed E-state index contributed by atoms with van der Waals surface area (Å²) in [4.78, 5) is 12.8. The Morgan fingerprint density at radius 1 is 1.89 bits per heavy atom. The summed E-state index contributed by atoms with van der Waals surface area (Å²) >= 11 is 5.18. The monoisotopic (exact) mass is 151 g/mol. The van der Waals surface area contributed by atoms with Gasteiger partial charge in [-0.2, -0.15) is 4.99 Å². The molecule has 0 aromatic carbocycles. The first-order valence-electron chi connectivity index (χ1n) is 2.03. The number of amidine groups is 1. The molecule has 52 valence electrons. The summed E-state index contributed by atoms with van der Waals surface area (Å²) in [5.74, 6) is 4.80. The van der Waals surface area contributed by atoms with E-state index >= 15 is 0 Å². The number of hydrazine groups is 1. The van der Waals surface area contributed by atoms with E-state index in [1.807, 2.05) is 5.43 Å². The molecule has 0 heterocycles. The van der Waals surface area contributed by atoms with Gasteiger partial charge in [0.25, 0.3) is 0 Å². The van der Waals surface area contributed by atoms with Crippen LogP contribution in [-0.2, 0) is 0 Å². The molecular weight excluding hydrogens is 146 g/mol. The van der Waals surface area contributed by atoms with Crippen molar-refractivity contribution in [3.05, 3.63) is 0 Å². The molecule has 0 aliphatic rings. The first-order valence-corrected chi connectivity index (χ1v) is 2.57. The van der Waals surface area contributed by atoms with Crippen LogP contribution in [0.2, 0.25) is 0 Å². The van der Waals surface area contributed by atoms with Crippen molar-refractivity contribution in [1.29, 1.82) is 0 Å². The highest BCUT2D eigenvalue weighted by Crippen LogP contribution is 1.79. The molecule has 0 radical (unpaired) electrons. The molecule has 0 aromatic rings. The van der Waals surface area contributed by atoms with Gasteiger partial charge in [-0.15, -0.1) is 11.6 Å². The Morgan fingerprint density at radius 2 is 2.44 bits per heavy atom. The Bertz CT molecular complexity index is 129. The van der Waals surface area contributed by atoms with Crippen LogP contribution in [0.25, 0.3) is 0 Å². The van der Waals surface area contributed by atoms with E-state index in [0.717, 1.165) is 0 Å². The van der Waals surface area contributed by atoms with Crippen molar-refractivity contribution in [3.8, 4) is 0 Å². The van der Waals surface area contributed by atoms with Gasteiger partial charge in [0.1, 0.15) is 5.84 Å². The van der Waals surface area contributed by atoms with Gasteiger partial charge in [-0.25, -0.2) is 10.6 Å². The van der Waals surface area contributed by atoms with E-state index in [4.69, 9.17) is 22.6 Å². The first kappa shape index (κ1) is 8.19. The second kappa shape index (κ2) is 4.11. The topological polar surface area (TPSA) is 87.7 Å². The minimum atomic E-state index is -1.32. The zero-order valence-electron chi connectivity index (χ0n) is 4.47. The maximum atomic E-state index is 9.79. The van der Waals surface area contributed by atoms with Gasteiger partial charge in [0, 0.05) is 0 Å². The van der Waals surface area contributed by atoms with Gasteiger partial charge < -0.3 is 10.5 Å². The molecule has 5 nitrogen and oxygen atoms in total. The molecule has 0 aliphatic carbocycles. The summed E-state index contributed by atoms with van der Waals surface area (Å²) in [7, 11) is 0. The van der Waals surface area contributed by atoms with Gasteiger partial charge in [0.15, 0.2) is 0 Å². The van der Waals surface area contributed by atoms with Crippen LogP contribution >= 0.6 is 11.6 Å². The van der Waals surface area contributed by atoms with E-state index in [9.17, 15) is 4.79 Å². The summed E-state index contributed by atoms with van der Waals surface area (Å²) < 4.78 is 0. The number of nitrogens with two attached hydrogens (primary N) is 1. The van der Waals surface area contributed by atoms with Crippen molar-refractivity contribution >= 4 is 23.5 Å². The number of nitrogens with one attached hydrogen (secondary N) is 1. The van der Waals surface area contributed by atoms with Crippen LogP contribution in [0, 0.1) is 0 Å². The van der Waals surface area contributed by atoms with Crippen LogP contribution in [0.15, 0.2) is 4.99 Å². The molecule has 0 bridgehead atoms. The predicted octanol–water partition coefficient (Wildman–Crippen LogP) is -0.235. The predicted molar refractivity (Wildman–Crippen MR) is 33.5 cm³/mol. The summed E-state index contributed by atoms with van der Waals surface area (Å²) in [6, 6.07) is 0. The summed E-state index contributed by atoms with van der Waals surface area (Å²) in [6.45, 7) is 0. The van der Waals surface area contributed by atoms with Gasteiger partial charge in [-0.05, 0) is 0 Å². The maximum Gasteiger partial charge on any atom is 0.432 e. The smallest absolute Gasteiger partial charge is 0.432 e. The van der Waals surface area contributed by atoms with E-state index < -0.39 is 6.09 Å². The molecule has 0 aliphatic heterocycles. The Balaban J connectivity index is 3.91. The third-order valence-corrected chi connectivity index (χ3v) is 0.777. The van der Waals surface area contributed by atoms with Crippen molar-refractivity contribution in [2.24, 2.45) is 10.8 Å². The van der Waals surface area contributed by atoms with E-state index in [1.165, 1.54) is 0 Å². The minimum absolute atomic E-state index is 0.0316. The fourth-order valence-electron chi connectivity index (χ4n) is 0.216. The lowest BCUT2D eigenvalue weighted by Crippen LogP contribution is -2.32. The molecule has 0 saturated carbocycles. The molecule has 0 spiro atoms. The molecule has 9 heavy (non-hydrogen) atoms. The number of nitrogens with zero attached hydrogens (tertiary/aromatic N) is 1. The molecule has 0 unspecified atom stereocenters. The summed E-state index contributed by atoms with van der Waals surface area (Å²) in [6.07, 6.45) is -1.32. The number of hydrogen-bond acceptors (Lipinski definition) is 2. The number of carboxylic acid groups (broad SMARTS) is 1. The van der Waals surface area contributed by atoms with Crippen LogP contribution in [0.1, 0.15) is 0 Å². The Morgan fingerprint density at radius 3 is 2.56 bits per heavy atom. The average molecular weight is 152 g/mol. The zero-order chi connectivity index (χ0) is 7.28. The van der Waals surface area contributed by atoms with Crippen LogP contribution < -0.4 is 11.3 Å². The molecule has 0 saturated heterocycles. The highest BCUT2D eigenvalue weighted by atomic mass is 35.5. The second-order valence-electron chi connectivity index (χ2n) is 1.12. The number of alkyl halides is 1. The maximum absolute atomic E-state index is 9.79. The fraction of sp³-hybridized carbons (Fsp3) is 0.333. The highest BCUT2D eigenvalue weighted by molar-refractivity contribution is 6.28. The standard InChI is InChI=1S/C3H6ClN3O2/c4-1-2(7-5)6-3(8)9/h1,5H2,(H,6,7)(H,8,9). The number of hydrogen-bond donors (Lipinski definition) is 3. The second-order valence-corrected chi connectivity index (χ2v) is 1.39. The Hall–Kier alpha value is -0.810. The van der Waals surface area contributed by atoms with Gasteiger partial charge in [0.2, 0.25) is 0 Å². The van der Waals surface area contributed by atoms with Crippen molar-refractivity contribution in [1.82, 2.24) is 5.43 Å². The van der Waals surface area contributed by atoms with E-state index in [1.54, 1.807) is 0 Å². The third-order valence-electron chi connectivity index (χ3n) is 0.524. The van der Waals surface area contributed by atoms with E-state index in [0.29, 0.717) is 0 Å². The molecule has 4 N–H and O–H groups in total.